The molecule has 0 saturated carbocycles. The first-order valence-corrected chi connectivity index (χ1v) is 17.3. The average molecular weight is 694 g/mol. The second kappa shape index (κ2) is 15.8. The normalized spacial score (nSPS) is 17.7. The highest BCUT2D eigenvalue weighted by atomic mass is 16.5. The third-order valence-corrected chi connectivity index (χ3v) is 8.81. The monoisotopic (exact) mass is 693 g/mol. The summed E-state index contributed by atoms with van der Waals surface area (Å²) >= 11 is 0. The predicted octanol–water partition coefficient (Wildman–Crippen LogP) is 3.92. The molecule has 51 heavy (non-hydrogen) atoms. The number of hydrogen-bond donors (Lipinski definition) is 4. The number of aromatic amines is 1. The molecule has 6 rings (SSSR count). The summed E-state index contributed by atoms with van der Waals surface area (Å²) in [6.45, 7) is 5.90. The van der Waals surface area contributed by atoms with E-state index in [0.29, 0.717) is 36.7 Å². The largest absolute Gasteiger partial charge is 0.361 e. The molecule has 4 heterocycles. The van der Waals surface area contributed by atoms with Crippen LogP contribution in [-0.2, 0) is 33.9 Å². The summed E-state index contributed by atoms with van der Waals surface area (Å²) in [5, 5.41) is 18.4. The van der Waals surface area contributed by atoms with Gasteiger partial charge in [-0.25, -0.2) is 9.67 Å². The van der Waals surface area contributed by atoms with Gasteiger partial charge in [0, 0.05) is 48.2 Å². The maximum absolute atomic E-state index is 13.6. The van der Waals surface area contributed by atoms with E-state index >= 15 is 0 Å². The summed E-state index contributed by atoms with van der Waals surface area (Å²) in [5.41, 5.74) is 2.93. The SMILES string of the molecule is CC(C)C[C@H]1NC(=O)c2cc(on2)CN(C(=O)CCCc2c[nH]c3ccccc23)CCNC(=O)Cn2nc(-c3ccccc3)nc2[C@H](C)NC1=O. The van der Waals surface area contributed by atoms with E-state index in [1.807, 2.05) is 68.6 Å². The Balaban J connectivity index is 1.23. The standard InChI is InChI=1S/C37H43N9O5/c1-23(2)18-30-36(49)40-24(3)35-42-34(25-10-5-4-6-11-25)43-46(35)22-32(47)38-16-17-45(21-27-19-31(44-51-27)37(50)41-30)33(48)15-9-12-26-20-39-29-14-8-7-13-28(26)29/h4-8,10-11,13-14,19-20,23-24,30,39H,9,12,15-18,21-22H2,1-3H3,(H,38,47)(H,40,49)(H,41,50)/t24-,30+/m0/s1. The van der Waals surface area contributed by atoms with Crippen molar-refractivity contribution in [1.29, 1.82) is 0 Å². The van der Waals surface area contributed by atoms with Crippen molar-refractivity contribution in [1.82, 2.24) is 45.8 Å². The Morgan fingerprint density at radius 1 is 1.02 bits per heavy atom. The lowest BCUT2D eigenvalue weighted by Gasteiger charge is -2.23. The van der Waals surface area contributed by atoms with Gasteiger partial charge in [-0.3, -0.25) is 19.2 Å². The smallest absolute Gasteiger partial charge is 0.274 e. The Bertz CT molecular complexity index is 2000. The minimum Gasteiger partial charge on any atom is -0.361 e. The van der Waals surface area contributed by atoms with Crippen molar-refractivity contribution < 1.29 is 23.7 Å². The number of benzene rings is 2. The zero-order chi connectivity index (χ0) is 35.9. The number of nitrogens with one attached hydrogen (secondary N) is 4. The molecule has 5 aromatic rings. The Hall–Kier alpha value is -5.79. The fraction of sp³-hybridized carbons (Fsp3) is 0.378. The van der Waals surface area contributed by atoms with Crippen LogP contribution in [0.1, 0.15) is 73.7 Å². The Morgan fingerprint density at radius 2 is 1.80 bits per heavy atom. The molecule has 1 aliphatic heterocycles. The Morgan fingerprint density at radius 3 is 2.61 bits per heavy atom. The van der Waals surface area contributed by atoms with Gasteiger partial charge >= 0.3 is 0 Å². The van der Waals surface area contributed by atoms with Gasteiger partial charge in [-0.05, 0) is 43.7 Å². The number of fused-ring (bicyclic) bond motifs is 4. The fourth-order valence-corrected chi connectivity index (χ4v) is 6.24. The minimum atomic E-state index is -0.887. The van der Waals surface area contributed by atoms with Gasteiger partial charge in [-0.2, -0.15) is 5.10 Å². The molecule has 0 radical (unpaired) electrons. The zero-order valence-electron chi connectivity index (χ0n) is 29.0. The number of amides is 4. The Labute approximate surface area is 295 Å². The van der Waals surface area contributed by atoms with Crippen LogP contribution in [0.2, 0.25) is 0 Å². The van der Waals surface area contributed by atoms with Crippen molar-refractivity contribution in [2.24, 2.45) is 5.92 Å². The molecule has 2 aromatic carbocycles. The van der Waals surface area contributed by atoms with E-state index in [1.54, 1.807) is 11.8 Å². The van der Waals surface area contributed by atoms with E-state index in [9.17, 15) is 19.2 Å². The van der Waals surface area contributed by atoms with Gasteiger partial charge in [0.1, 0.15) is 18.4 Å². The molecule has 0 aliphatic carbocycles. The van der Waals surface area contributed by atoms with Crippen LogP contribution in [0.15, 0.2) is 71.4 Å². The third-order valence-electron chi connectivity index (χ3n) is 8.81. The molecule has 1 aliphatic rings. The molecule has 266 valence electrons. The van der Waals surface area contributed by atoms with Crippen molar-refractivity contribution in [2.45, 2.75) is 71.6 Å². The zero-order valence-corrected chi connectivity index (χ0v) is 29.0. The van der Waals surface area contributed by atoms with Crippen LogP contribution in [0.5, 0.6) is 0 Å². The van der Waals surface area contributed by atoms with E-state index in [4.69, 9.17) is 9.51 Å². The van der Waals surface area contributed by atoms with E-state index in [1.165, 1.54) is 10.7 Å². The second-order valence-electron chi connectivity index (χ2n) is 13.3. The van der Waals surface area contributed by atoms with Crippen LogP contribution in [-0.4, -0.2) is 72.6 Å². The molecule has 0 fully saturated rings. The first kappa shape index (κ1) is 35.1. The van der Waals surface area contributed by atoms with Crippen LogP contribution >= 0.6 is 0 Å². The maximum Gasteiger partial charge on any atom is 0.274 e. The number of nitrogens with zero attached hydrogens (tertiary/aromatic N) is 5. The van der Waals surface area contributed by atoms with Crippen LogP contribution < -0.4 is 16.0 Å². The topological polar surface area (TPSA) is 180 Å². The van der Waals surface area contributed by atoms with Gasteiger partial charge in [-0.15, -0.1) is 0 Å². The Kier molecular flexibility index (Phi) is 10.9. The molecule has 0 saturated heterocycles. The third kappa shape index (κ3) is 8.69. The molecule has 14 nitrogen and oxygen atoms in total. The summed E-state index contributed by atoms with van der Waals surface area (Å²) in [4.78, 5) is 63.4. The van der Waals surface area contributed by atoms with Crippen LogP contribution in [0, 0.1) is 5.92 Å². The number of aromatic nitrogens is 5. The fourth-order valence-electron chi connectivity index (χ4n) is 6.24. The van der Waals surface area contributed by atoms with E-state index < -0.39 is 23.9 Å². The summed E-state index contributed by atoms with van der Waals surface area (Å²) in [6, 6.07) is 17.3. The first-order chi connectivity index (χ1) is 24.6. The number of aryl methyl sites for hydroxylation is 1. The summed E-state index contributed by atoms with van der Waals surface area (Å²) in [7, 11) is 0. The van der Waals surface area contributed by atoms with Crippen molar-refractivity contribution >= 4 is 34.5 Å². The number of carbonyl (C=O) groups is 4. The number of rotatable bonds is 7. The molecule has 4 N–H and O–H groups in total. The number of carbonyl (C=O) groups excluding carboxylic acids is 4. The van der Waals surface area contributed by atoms with Gasteiger partial charge in [0.05, 0.1) is 12.6 Å². The highest BCUT2D eigenvalue weighted by Gasteiger charge is 2.28. The van der Waals surface area contributed by atoms with Crippen LogP contribution in [0.4, 0.5) is 0 Å². The molecule has 4 amide bonds. The molecule has 2 atom stereocenters. The lowest BCUT2D eigenvalue weighted by Crippen LogP contribution is -2.48. The highest BCUT2D eigenvalue weighted by molar-refractivity contribution is 5.96. The van der Waals surface area contributed by atoms with Crippen LogP contribution in [0.3, 0.4) is 0 Å². The average Bonchev–Trinajstić information content (AvgIpc) is 3.86. The lowest BCUT2D eigenvalue weighted by atomic mass is 10.0. The number of para-hydroxylation sites is 1. The van der Waals surface area contributed by atoms with Crippen molar-refractivity contribution in [2.75, 3.05) is 13.1 Å². The molecule has 2 bridgehead atoms. The minimum absolute atomic E-state index is 0.00648. The quantitative estimate of drug-likeness (QED) is 0.198. The van der Waals surface area contributed by atoms with E-state index in [0.717, 1.165) is 22.0 Å². The molecular weight excluding hydrogens is 650 g/mol. The maximum atomic E-state index is 13.6. The second-order valence-corrected chi connectivity index (χ2v) is 13.3. The lowest BCUT2D eigenvalue weighted by molar-refractivity contribution is -0.132. The molecule has 0 spiro atoms. The van der Waals surface area contributed by atoms with Crippen molar-refractivity contribution in [3.63, 3.8) is 0 Å². The molecular formula is C37H43N9O5. The van der Waals surface area contributed by atoms with E-state index in [2.05, 4.69) is 37.3 Å². The summed E-state index contributed by atoms with van der Waals surface area (Å²) in [6.07, 6.45) is 3.93. The van der Waals surface area contributed by atoms with Gasteiger partial charge < -0.3 is 30.4 Å². The molecule has 0 unspecified atom stereocenters. The highest BCUT2D eigenvalue weighted by Crippen LogP contribution is 2.21. The van der Waals surface area contributed by atoms with Gasteiger partial charge in [0.25, 0.3) is 5.91 Å². The van der Waals surface area contributed by atoms with Crippen molar-refractivity contribution in [3.8, 4) is 11.4 Å². The first-order valence-electron chi connectivity index (χ1n) is 17.3. The summed E-state index contributed by atoms with van der Waals surface area (Å²) < 4.78 is 6.96. The van der Waals surface area contributed by atoms with Gasteiger partial charge in [0.15, 0.2) is 17.3 Å². The van der Waals surface area contributed by atoms with E-state index in [-0.39, 0.29) is 56.0 Å². The molecule has 14 heteroatoms. The summed E-state index contributed by atoms with van der Waals surface area (Å²) in [5.74, 6) is -0.290. The molecule has 3 aromatic heterocycles. The van der Waals surface area contributed by atoms with Gasteiger partial charge in [-0.1, -0.05) is 67.5 Å². The van der Waals surface area contributed by atoms with Crippen molar-refractivity contribution in [3.05, 3.63) is 89.7 Å². The number of H-pyrrole nitrogens is 1. The van der Waals surface area contributed by atoms with Gasteiger partial charge in [0.2, 0.25) is 17.7 Å². The van der Waals surface area contributed by atoms with Crippen LogP contribution in [0.25, 0.3) is 22.3 Å². The predicted molar refractivity (Wildman–Crippen MR) is 189 cm³/mol. The number of hydrogen-bond acceptors (Lipinski definition) is 8.